The number of H-pyrrole nitrogens is 1. The van der Waals surface area contributed by atoms with Gasteiger partial charge in [-0.25, -0.2) is 0 Å². The molecular formula is C10H13N5OS. The average molecular weight is 251 g/mol. The number of hydrogen-bond donors (Lipinski definition) is 3. The number of aromatic nitrogens is 3. The minimum atomic E-state index is -0.305. The fraction of sp³-hybridized carbons (Fsp3) is 0.300. The topological polar surface area (TPSA) is 96.7 Å². The van der Waals surface area contributed by atoms with E-state index in [0.29, 0.717) is 6.54 Å². The molecule has 0 aliphatic carbocycles. The molecule has 4 N–H and O–H groups in total. The molecule has 0 bridgehead atoms. The van der Waals surface area contributed by atoms with Gasteiger partial charge in [-0.2, -0.15) is 4.98 Å². The zero-order valence-electron chi connectivity index (χ0n) is 9.36. The summed E-state index contributed by atoms with van der Waals surface area (Å²) >= 11 is 1.69. The van der Waals surface area contributed by atoms with Crippen molar-refractivity contribution >= 4 is 23.2 Å². The molecule has 0 unspecified atom stereocenters. The Balaban J connectivity index is 1.92. The minimum absolute atomic E-state index is 0.0690. The van der Waals surface area contributed by atoms with Gasteiger partial charge < -0.3 is 11.1 Å². The van der Waals surface area contributed by atoms with Gasteiger partial charge in [-0.15, -0.1) is 16.4 Å². The van der Waals surface area contributed by atoms with Crippen molar-refractivity contribution in [2.75, 3.05) is 5.73 Å². The van der Waals surface area contributed by atoms with Crippen LogP contribution in [0.1, 0.15) is 27.3 Å². The highest BCUT2D eigenvalue weighted by molar-refractivity contribution is 7.11. The summed E-state index contributed by atoms with van der Waals surface area (Å²) in [5.41, 5.74) is 5.31. The summed E-state index contributed by atoms with van der Waals surface area (Å²) in [5.74, 6) is -0.102. The van der Waals surface area contributed by atoms with E-state index >= 15 is 0 Å². The molecule has 0 radical (unpaired) electrons. The minimum Gasteiger partial charge on any atom is -0.366 e. The molecule has 0 aromatic carbocycles. The van der Waals surface area contributed by atoms with Crippen LogP contribution in [0.25, 0.3) is 0 Å². The van der Waals surface area contributed by atoms with Crippen molar-refractivity contribution in [3.63, 3.8) is 0 Å². The first-order chi connectivity index (χ1) is 8.19. The molecular weight excluding hydrogens is 238 g/mol. The fourth-order valence-electron chi connectivity index (χ4n) is 1.33. The molecule has 7 heteroatoms. The van der Waals surface area contributed by atoms with Gasteiger partial charge in [-0.1, -0.05) is 6.92 Å². The van der Waals surface area contributed by atoms with Crippen molar-refractivity contribution < 1.29 is 4.79 Å². The van der Waals surface area contributed by atoms with Crippen LogP contribution in [0.4, 0.5) is 5.95 Å². The average Bonchev–Trinajstić information content (AvgIpc) is 2.94. The second-order valence-electron chi connectivity index (χ2n) is 3.45. The van der Waals surface area contributed by atoms with Gasteiger partial charge in [0.05, 0.1) is 6.54 Å². The first-order valence-electron chi connectivity index (χ1n) is 5.22. The normalized spacial score (nSPS) is 10.4. The van der Waals surface area contributed by atoms with E-state index in [4.69, 9.17) is 5.73 Å². The summed E-state index contributed by atoms with van der Waals surface area (Å²) in [7, 11) is 0. The SMILES string of the molecule is CCc1ccc(CNC(=O)c2nc(N)n[nH]2)s1. The van der Waals surface area contributed by atoms with Gasteiger partial charge >= 0.3 is 0 Å². The van der Waals surface area contributed by atoms with Gasteiger partial charge in [-0.05, 0) is 18.6 Å². The van der Waals surface area contributed by atoms with Gasteiger partial charge in [-0.3, -0.25) is 9.89 Å². The predicted octanol–water partition coefficient (Wildman–Crippen LogP) is 0.941. The molecule has 1 amide bonds. The maximum absolute atomic E-state index is 11.6. The lowest BCUT2D eigenvalue weighted by molar-refractivity contribution is 0.0941. The predicted molar refractivity (Wildman–Crippen MR) is 65.7 cm³/mol. The van der Waals surface area contributed by atoms with E-state index in [2.05, 4.69) is 33.5 Å². The van der Waals surface area contributed by atoms with Crippen molar-refractivity contribution in [2.45, 2.75) is 19.9 Å². The van der Waals surface area contributed by atoms with E-state index in [-0.39, 0.29) is 17.7 Å². The highest BCUT2D eigenvalue weighted by atomic mass is 32.1. The molecule has 6 nitrogen and oxygen atoms in total. The second kappa shape index (κ2) is 4.96. The largest absolute Gasteiger partial charge is 0.366 e. The van der Waals surface area contributed by atoms with Crippen LogP contribution >= 0.6 is 11.3 Å². The van der Waals surface area contributed by atoms with Crippen LogP contribution < -0.4 is 11.1 Å². The number of thiophene rings is 1. The maximum Gasteiger partial charge on any atom is 0.288 e. The second-order valence-corrected chi connectivity index (χ2v) is 4.70. The van der Waals surface area contributed by atoms with Gasteiger partial charge in [0.1, 0.15) is 0 Å². The standard InChI is InChI=1S/C10H13N5OS/c1-2-6-3-4-7(17-6)5-12-9(16)8-13-10(11)15-14-8/h3-4H,2,5H2,1H3,(H,12,16)(H3,11,13,14,15). The third kappa shape index (κ3) is 2.82. The summed E-state index contributed by atoms with van der Waals surface area (Å²) in [6.45, 7) is 2.59. The number of nitrogens with two attached hydrogens (primary N) is 1. The van der Waals surface area contributed by atoms with Crippen LogP contribution in [-0.4, -0.2) is 21.1 Å². The number of aromatic amines is 1. The molecule has 0 spiro atoms. The van der Waals surface area contributed by atoms with Crippen LogP contribution in [-0.2, 0) is 13.0 Å². The van der Waals surface area contributed by atoms with Gasteiger partial charge in [0, 0.05) is 9.75 Å². The molecule has 2 rings (SSSR count). The zero-order valence-corrected chi connectivity index (χ0v) is 10.2. The Hall–Kier alpha value is -1.89. The lowest BCUT2D eigenvalue weighted by Crippen LogP contribution is -2.23. The summed E-state index contributed by atoms with van der Waals surface area (Å²) in [4.78, 5) is 17.8. The quantitative estimate of drug-likeness (QED) is 0.753. The Kier molecular flexibility index (Phi) is 3.38. The van der Waals surface area contributed by atoms with E-state index in [1.807, 2.05) is 6.07 Å². The summed E-state index contributed by atoms with van der Waals surface area (Å²) < 4.78 is 0. The summed E-state index contributed by atoms with van der Waals surface area (Å²) in [6.07, 6.45) is 1.01. The summed E-state index contributed by atoms with van der Waals surface area (Å²) in [5, 5.41) is 8.80. The monoisotopic (exact) mass is 251 g/mol. The van der Waals surface area contributed by atoms with Crippen molar-refractivity contribution in [3.8, 4) is 0 Å². The number of rotatable bonds is 4. The molecule has 0 fully saturated rings. The zero-order chi connectivity index (χ0) is 12.3. The smallest absolute Gasteiger partial charge is 0.288 e. The molecule has 2 heterocycles. The van der Waals surface area contributed by atoms with Crippen LogP contribution in [0.3, 0.4) is 0 Å². The first-order valence-corrected chi connectivity index (χ1v) is 6.04. The van der Waals surface area contributed by atoms with Gasteiger partial charge in [0.2, 0.25) is 11.8 Å². The summed E-state index contributed by atoms with van der Waals surface area (Å²) in [6, 6.07) is 4.08. The van der Waals surface area contributed by atoms with Crippen LogP contribution in [0.2, 0.25) is 0 Å². The molecule has 0 aliphatic heterocycles. The molecule has 0 saturated heterocycles. The van der Waals surface area contributed by atoms with E-state index in [1.165, 1.54) is 4.88 Å². The Morgan fingerprint density at radius 2 is 2.29 bits per heavy atom. The number of anilines is 1. The molecule has 90 valence electrons. The van der Waals surface area contributed by atoms with E-state index < -0.39 is 0 Å². The maximum atomic E-state index is 11.6. The number of nitrogens with zero attached hydrogens (tertiary/aromatic N) is 2. The van der Waals surface area contributed by atoms with E-state index in [1.54, 1.807) is 11.3 Å². The molecule has 2 aromatic rings. The number of amides is 1. The van der Waals surface area contributed by atoms with Crippen LogP contribution in [0, 0.1) is 0 Å². The number of nitrogens with one attached hydrogen (secondary N) is 2. The fourth-order valence-corrected chi connectivity index (χ4v) is 2.23. The lowest BCUT2D eigenvalue weighted by Gasteiger charge is -1.99. The molecule has 0 saturated carbocycles. The highest BCUT2D eigenvalue weighted by Crippen LogP contribution is 2.16. The van der Waals surface area contributed by atoms with Gasteiger partial charge in [0.25, 0.3) is 5.91 Å². The third-order valence-electron chi connectivity index (χ3n) is 2.21. The number of aryl methyl sites for hydroxylation is 1. The molecule has 0 aliphatic rings. The van der Waals surface area contributed by atoms with Crippen molar-refractivity contribution in [1.82, 2.24) is 20.5 Å². The third-order valence-corrected chi connectivity index (χ3v) is 3.44. The number of carbonyl (C=O) groups is 1. The van der Waals surface area contributed by atoms with Gasteiger partial charge in [0.15, 0.2) is 0 Å². The Morgan fingerprint density at radius 3 is 2.88 bits per heavy atom. The molecule has 0 atom stereocenters. The van der Waals surface area contributed by atoms with Crippen LogP contribution in [0.5, 0.6) is 0 Å². The molecule has 2 aromatic heterocycles. The first kappa shape index (κ1) is 11.6. The highest BCUT2D eigenvalue weighted by Gasteiger charge is 2.10. The Morgan fingerprint density at radius 1 is 1.53 bits per heavy atom. The number of nitrogen functional groups attached to an aromatic ring is 1. The van der Waals surface area contributed by atoms with Crippen molar-refractivity contribution in [2.24, 2.45) is 0 Å². The van der Waals surface area contributed by atoms with Crippen molar-refractivity contribution in [1.29, 1.82) is 0 Å². The van der Waals surface area contributed by atoms with Crippen LogP contribution in [0.15, 0.2) is 12.1 Å². The lowest BCUT2D eigenvalue weighted by atomic mass is 10.3. The number of carbonyl (C=O) groups excluding carboxylic acids is 1. The Bertz CT molecular complexity index is 518. The van der Waals surface area contributed by atoms with E-state index in [9.17, 15) is 4.79 Å². The Labute approximate surface area is 102 Å². The van der Waals surface area contributed by atoms with Crippen molar-refractivity contribution in [3.05, 3.63) is 27.7 Å². The number of hydrogen-bond acceptors (Lipinski definition) is 5. The molecule has 17 heavy (non-hydrogen) atoms. The van der Waals surface area contributed by atoms with E-state index in [0.717, 1.165) is 11.3 Å².